The molecule has 3 aromatic carbocycles. The lowest BCUT2D eigenvalue weighted by molar-refractivity contribution is 0.0472. The second kappa shape index (κ2) is 14.4. The number of ether oxygens (including phenoxy) is 1. The van der Waals surface area contributed by atoms with Crippen molar-refractivity contribution in [3.8, 4) is 0 Å². The maximum Gasteiger partial charge on any atom is 0.338 e. The van der Waals surface area contributed by atoms with E-state index in [4.69, 9.17) is 4.74 Å². The van der Waals surface area contributed by atoms with E-state index in [9.17, 15) is 4.79 Å². The fourth-order valence-corrected chi connectivity index (χ4v) is 5.66. The molecular weight excluding hydrogens is 588 g/mol. The molecule has 0 aliphatic carbocycles. The van der Waals surface area contributed by atoms with Crippen LogP contribution in [0.2, 0.25) is 0 Å². The normalized spacial score (nSPS) is 12.8. The maximum atomic E-state index is 13.3. The first kappa shape index (κ1) is 37.1. The van der Waals surface area contributed by atoms with Crippen LogP contribution in [-0.2, 0) is 52.6 Å². The highest BCUT2D eigenvalue weighted by Crippen LogP contribution is 2.32. The van der Waals surface area contributed by atoms with E-state index in [2.05, 4.69) is 154 Å². The van der Waals surface area contributed by atoms with Crippen LogP contribution >= 0.6 is 0 Å². The average molecular weight is 647 g/mol. The molecule has 0 spiro atoms. The molecule has 1 heterocycles. The first-order chi connectivity index (χ1) is 22.2. The van der Waals surface area contributed by atoms with Gasteiger partial charge in [-0.15, -0.1) is 0 Å². The summed E-state index contributed by atoms with van der Waals surface area (Å²) in [5.74, 6) is -0.286. The van der Waals surface area contributed by atoms with E-state index in [-0.39, 0.29) is 34.2 Å². The lowest BCUT2D eigenvalue weighted by Crippen LogP contribution is -2.24. The number of nitrogens with zero attached hydrogens (tertiary/aromatic N) is 2. The second-order valence-electron chi connectivity index (χ2n) is 17.6. The molecule has 0 saturated carbocycles. The number of carbonyl (C=O) groups is 1. The van der Waals surface area contributed by atoms with Crippen LogP contribution in [0.15, 0.2) is 85.2 Å². The van der Waals surface area contributed by atoms with Gasteiger partial charge in [-0.25, -0.2) is 4.79 Å². The Labute approximate surface area is 291 Å². The second-order valence-corrected chi connectivity index (χ2v) is 17.6. The van der Waals surface area contributed by atoms with Crippen LogP contribution in [0.25, 0.3) is 0 Å². The van der Waals surface area contributed by atoms with Gasteiger partial charge in [0.2, 0.25) is 0 Å². The summed E-state index contributed by atoms with van der Waals surface area (Å²) in [7, 11) is 0. The minimum Gasteiger partial charge on any atom is -0.457 e. The molecule has 0 N–H and O–H groups in total. The molecule has 0 atom stereocenters. The average Bonchev–Trinajstić information content (AvgIpc) is 2.99. The van der Waals surface area contributed by atoms with E-state index < -0.39 is 0 Å². The van der Waals surface area contributed by atoms with Gasteiger partial charge in [0, 0.05) is 32.0 Å². The minimum absolute atomic E-state index is 0.0650. The van der Waals surface area contributed by atoms with Crippen LogP contribution in [0.1, 0.15) is 138 Å². The van der Waals surface area contributed by atoms with E-state index in [0.29, 0.717) is 5.56 Å². The lowest BCUT2D eigenvalue weighted by Gasteiger charge is -2.28. The first-order valence-electron chi connectivity index (χ1n) is 17.4. The third kappa shape index (κ3) is 10.4. The third-order valence-corrected chi connectivity index (χ3v) is 8.99. The van der Waals surface area contributed by atoms with E-state index in [1.54, 1.807) is 0 Å². The van der Waals surface area contributed by atoms with E-state index in [1.165, 1.54) is 27.8 Å². The van der Waals surface area contributed by atoms with Gasteiger partial charge < -0.3 is 4.74 Å². The maximum absolute atomic E-state index is 13.3. The van der Waals surface area contributed by atoms with Crippen molar-refractivity contribution in [1.29, 1.82) is 0 Å². The minimum atomic E-state index is -0.286. The molecule has 0 bridgehead atoms. The molecule has 4 heteroatoms. The third-order valence-electron chi connectivity index (χ3n) is 8.99. The van der Waals surface area contributed by atoms with Gasteiger partial charge in [0.15, 0.2) is 0 Å². The van der Waals surface area contributed by atoms with E-state index in [0.717, 1.165) is 36.3 Å². The predicted molar refractivity (Wildman–Crippen MR) is 200 cm³/mol. The van der Waals surface area contributed by atoms with Crippen molar-refractivity contribution >= 4 is 5.97 Å². The Morgan fingerprint density at radius 3 is 1.33 bits per heavy atom. The summed E-state index contributed by atoms with van der Waals surface area (Å²) >= 11 is 0. The highest BCUT2D eigenvalue weighted by molar-refractivity contribution is 5.90. The van der Waals surface area contributed by atoms with Gasteiger partial charge in [0.1, 0.15) is 6.61 Å². The first-order valence-corrected chi connectivity index (χ1v) is 17.4. The fraction of sp³-hybridized carbons (Fsp3) is 0.455. The van der Waals surface area contributed by atoms with E-state index >= 15 is 0 Å². The van der Waals surface area contributed by atoms with Crippen LogP contribution < -0.4 is 0 Å². The van der Waals surface area contributed by atoms with Gasteiger partial charge in [-0.1, -0.05) is 132 Å². The largest absolute Gasteiger partial charge is 0.457 e. The number of pyridine rings is 1. The van der Waals surface area contributed by atoms with Crippen molar-refractivity contribution in [2.45, 2.75) is 131 Å². The molecule has 0 amide bonds. The smallest absolute Gasteiger partial charge is 0.338 e. The Hall–Kier alpha value is -3.76. The van der Waals surface area contributed by atoms with Gasteiger partial charge in [-0.2, -0.15) is 0 Å². The molecule has 0 radical (unpaired) electrons. The van der Waals surface area contributed by atoms with Crippen LogP contribution in [0.4, 0.5) is 0 Å². The van der Waals surface area contributed by atoms with Crippen molar-refractivity contribution in [3.05, 3.63) is 135 Å². The Kier molecular flexibility index (Phi) is 11.1. The summed E-state index contributed by atoms with van der Waals surface area (Å²) in [6.07, 6.45) is 3.73. The van der Waals surface area contributed by atoms with Crippen molar-refractivity contribution in [1.82, 2.24) is 9.88 Å². The fourth-order valence-electron chi connectivity index (χ4n) is 5.66. The molecule has 4 aromatic rings. The predicted octanol–water partition coefficient (Wildman–Crippen LogP) is 10.8. The summed E-state index contributed by atoms with van der Waals surface area (Å²) in [4.78, 5) is 20.0. The molecule has 256 valence electrons. The molecular formula is C44H58N2O2. The monoisotopic (exact) mass is 646 g/mol. The molecule has 4 nitrogen and oxygen atoms in total. The van der Waals surface area contributed by atoms with Crippen molar-refractivity contribution in [2.75, 3.05) is 0 Å². The number of benzene rings is 3. The highest BCUT2D eigenvalue weighted by atomic mass is 16.5. The van der Waals surface area contributed by atoms with Crippen LogP contribution in [0.5, 0.6) is 0 Å². The number of esters is 1. The summed E-state index contributed by atoms with van der Waals surface area (Å²) in [5, 5.41) is 0. The Balaban J connectivity index is 1.52. The Morgan fingerprint density at radius 1 is 0.521 bits per heavy atom. The topological polar surface area (TPSA) is 42.4 Å². The molecule has 1 aromatic heterocycles. The van der Waals surface area contributed by atoms with Gasteiger partial charge in [-0.05, 0) is 90.4 Å². The standard InChI is InChI=1S/C44H58N2O2/c1-41(2,3)36-21-34(22-37(25-36)42(4,5)6)29-46(28-32-17-19-45-20-18-32)27-31-13-15-33(16-14-31)30-48-40(47)35-23-38(43(7,8)9)26-39(24-35)44(10,11)12/h13-26H,27-30H2,1-12H3. The lowest BCUT2D eigenvalue weighted by atomic mass is 9.79. The zero-order chi connectivity index (χ0) is 35.5. The van der Waals surface area contributed by atoms with Crippen molar-refractivity contribution < 1.29 is 9.53 Å². The number of hydrogen-bond donors (Lipinski definition) is 0. The van der Waals surface area contributed by atoms with Crippen LogP contribution in [0, 0.1) is 0 Å². The van der Waals surface area contributed by atoms with Gasteiger partial charge >= 0.3 is 5.97 Å². The highest BCUT2D eigenvalue weighted by Gasteiger charge is 2.24. The molecule has 0 unspecified atom stereocenters. The number of aromatic nitrogens is 1. The Bertz CT molecular complexity index is 1610. The molecule has 0 aliphatic rings. The Morgan fingerprint density at radius 2 is 0.896 bits per heavy atom. The van der Waals surface area contributed by atoms with Crippen molar-refractivity contribution in [3.63, 3.8) is 0 Å². The van der Waals surface area contributed by atoms with E-state index in [1.807, 2.05) is 24.5 Å². The quantitative estimate of drug-likeness (QED) is 0.170. The number of rotatable bonds is 9. The number of hydrogen-bond acceptors (Lipinski definition) is 4. The molecule has 0 fully saturated rings. The van der Waals surface area contributed by atoms with Crippen LogP contribution in [0.3, 0.4) is 0 Å². The molecule has 0 aliphatic heterocycles. The molecule has 48 heavy (non-hydrogen) atoms. The molecule has 0 saturated heterocycles. The summed E-state index contributed by atoms with van der Waals surface area (Å²) in [5.41, 5.74) is 10.4. The summed E-state index contributed by atoms with van der Waals surface area (Å²) < 4.78 is 5.85. The zero-order valence-electron chi connectivity index (χ0n) is 31.6. The SMILES string of the molecule is CC(C)(C)c1cc(CN(Cc2ccncc2)Cc2ccc(COC(=O)c3cc(C(C)(C)C)cc(C(C)(C)C)c3)cc2)cc(C(C)(C)C)c1. The summed E-state index contributed by atoms with van der Waals surface area (Å²) in [6.45, 7) is 29.5. The number of carbonyl (C=O) groups excluding carboxylic acids is 1. The van der Waals surface area contributed by atoms with Gasteiger partial charge in [0.05, 0.1) is 5.56 Å². The van der Waals surface area contributed by atoms with Gasteiger partial charge in [0.25, 0.3) is 0 Å². The van der Waals surface area contributed by atoms with Crippen LogP contribution in [-0.4, -0.2) is 15.9 Å². The zero-order valence-corrected chi connectivity index (χ0v) is 31.6. The summed E-state index contributed by atoms with van der Waals surface area (Å²) in [6, 6.07) is 26.0. The molecule has 4 rings (SSSR count). The van der Waals surface area contributed by atoms with Gasteiger partial charge in [-0.3, -0.25) is 9.88 Å². The van der Waals surface area contributed by atoms with Crippen molar-refractivity contribution in [2.24, 2.45) is 0 Å².